The summed E-state index contributed by atoms with van der Waals surface area (Å²) in [6, 6.07) is 6.00. The van der Waals surface area contributed by atoms with Crippen LogP contribution in [0.25, 0.3) is 0 Å². The van der Waals surface area contributed by atoms with Crippen LogP contribution < -0.4 is 5.32 Å². The predicted molar refractivity (Wildman–Crippen MR) is 87.5 cm³/mol. The van der Waals surface area contributed by atoms with Crippen molar-refractivity contribution in [3.8, 4) is 0 Å². The molecule has 0 unspecified atom stereocenters. The first-order valence-electron chi connectivity index (χ1n) is 8.31. The Balaban J connectivity index is 1.72. The van der Waals surface area contributed by atoms with Crippen molar-refractivity contribution >= 4 is 0 Å². The third-order valence-electron chi connectivity index (χ3n) is 4.57. The molecular formula is C18H27F3N2. The molecular weight excluding hydrogens is 301 g/mol. The van der Waals surface area contributed by atoms with E-state index >= 15 is 0 Å². The van der Waals surface area contributed by atoms with Crippen LogP contribution in [0.3, 0.4) is 0 Å². The number of hydrogen-bond donors (Lipinski definition) is 1. The van der Waals surface area contributed by atoms with E-state index in [2.05, 4.69) is 31.0 Å². The quantitative estimate of drug-likeness (QED) is 0.895. The number of piperidine rings is 1. The van der Waals surface area contributed by atoms with Crippen molar-refractivity contribution in [3.63, 3.8) is 0 Å². The summed E-state index contributed by atoms with van der Waals surface area (Å²) in [5.74, 6) is 0. The van der Waals surface area contributed by atoms with Gasteiger partial charge in [-0.25, -0.2) is 0 Å². The van der Waals surface area contributed by atoms with E-state index in [-0.39, 0.29) is 5.54 Å². The normalized spacial score (nSPS) is 18.3. The number of nitrogens with one attached hydrogen (secondary N) is 1. The standard InChI is InChI=1S/C18H27F3N2/c1-17(2,3)23-12-9-16(10-13-23)22-11-8-14-4-6-15(7-5-14)18(19,20)21/h4-7,16,22H,8-13H2,1-3H3. The van der Waals surface area contributed by atoms with Crippen LogP contribution >= 0.6 is 0 Å². The molecule has 0 bridgehead atoms. The maximum Gasteiger partial charge on any atom is 0.416 e. The van der Waals surface area contributed by atoms with E-state index in [0.717, 1.165) is 56.6 Å². The molecule has 23 heavy (non-hydrogen) atoms. The average molecular weight is 328 g/mol. The highest BCUT2D eigenvalue weighted by Gasteiger charge is 2.30. The summed E-state index contributed by atoms with van der Waals surface area (Å²) < 4.78 is 37.5. The van der Waals surface area contributed by atoms with Gasteiger partial charge in [0.25, 0.3) is 0 Å². The molecule has 0 atom stereocenters. The van der Waals surface area contributed by atoms with Crippen LogP contribution in [0.2, 0.25) is 0 Å². The number of halogens is 3. The van der Waals surface area contributed by atoms with Crippen LogP contribution in [-0.2, 0) is 12.6 Å². The van der Waals surface area contributed by atoms with Gasteiger partial charge in [-0.1, -0.05) is 12.1 Å². The van der Waals surface area contributed by atoms with E-state index in [1.54, 1.807) is 12.1 Å². The molecule has 0 saturated carbocycles. The summed E-state index contributed by atoms with van der Waals surface area (Å²) in [6.45, 7) is 9.73. The van der Waals surface area contributed by atoms with Crippen molar-refractivity contribution < 1.29 is 13.2 Å². The SMILES string of the molecule is CC(C)(C)N1CCC(NCCc2ccc(C(F)(F)F)cc2)CC1. The molecule has 1 aliphatic rings. The van der Waals surface area contributed by atoms with Gasteiger partial charge in [0.15, 0.2) is 0 Å². The van der Waals surface area contributed by atoms with Crippen molar-refractivity contribution in [2.24, 2.45) is 0 Å². The zero-order valence-corrected chi connectivity index (χ0v) is 14.2. The molecule has 1 heterocycles. The fourth-order valence-electron chi connectivity index (χ4n) is 3.04. The summed E-state index contributed by atoms with van der Waals surface area (Å²) in [5.41, 5.74) is 0.590. The third-order valence-corrected chi connectivity index (χ3v) is 4.57. The average Bonchev–Trinajstić information content (AvgIpc) is 2.46. The maximum atomic E-state index is 12.5. The lowest BCUT2D eigenvalue weighted by atomic mass is 9.98. The molecule has 2 nitrogen and oxygen atoms in total. The summed E-state index contributed by atoms with van der Waals surface area (Å²) in [6.07, 6.45) is -1.23. The number of benzene rings is 1. The minimum absolute atomic E-state index is 0.227. The number of rotatable bonds is 4. The Morgan fingerprint density at radius 1 is 1.04 bits per heavy atom. The molecule has 1 saturated heterocycles. The fourth-order valence-corrected chi connectivity index (χ4v) is 3.04. The Labute approximate surface area is 137 Å². The monoisotopic (exact) mass is 328 g/mol. The Hall–Kier alpha value is -1.07. The van der Waals surface area contributed by atoms with Crippen LogP contribution in [0.4, 0.5) is 13.2 Å². The van der Waals surface area contributed by atoms with Gasteiger partial charge in [0.2, 0.25) is 0 Å². The van der Waals surface area contributed by atoms with Crippen molar-refractivity contribution in [2.75, 3.05) is 19.6 Å². The van der Waals surface area contributed by atoms with Crippen LogP contribution in [0.15, 0.2) is 24.3 Å². The van der Waals surface area contributed by atoms with Crippen molar-refractivity contribution in [1.82, 2.24) is 10.2 Å². The minimum Gasteiger partial charge on any atom is -0.314 e. The zero-order chi connectivity index (χ0) is 17.1. The van der Waals surface area contributed by atoms with Gasteiger partial charge in [0, 0.05) is 24.7 Å². The molecule has 5 heteroatoms. The fraction of sp³-hybridized carbons (Fsp3) is 0.667. The van der Waals surface area contributed by atoms with E-state index in [0.29, 0.717) is 6.04 Å². The zero-order valence-electron chi connectivity index (χ0n) is 14.2. The highest BCUT2D eigenvalue weighted by Crippen LogP contribution is 2.29. The highest BCUT2D eigenvalue weighted by atomic mass is 19.4. The predicted octanol–water partition coefficient (Wildman–Crippen LogP) is 4.10. The van der Waals surface area contributed by atoms with Crippen LogP contribution in [-0.4, -0.2) is 36.1 Å². The summed E-state index contributed by atoms with van der Waals surface area (Å²) in [4.78, 5) is 2.50. The largest absolute Gasteiger partial charge is 0.416 e. The molecule has 0 aromatic heterocycles. The minimum atomic E-state index is -4.25. The van der Waals surface area contributed by atoms with Crippen LogP contribution in [0.5, 0.6) is 0 Å². The second-order valence-corrected chi connectivity index (χ2v) is 7.33. The number of hydrogen-bond acceptors (Lipinski definition) is 2. The second-order valence-electron chi connectivity index (χ2n) is 7.33. The van der Waals surface area contributed by atoms with Crippen LogP contribution in [0.1, 0.15) is 44.7 Å². The molecule has 0 aliphatic carbocycles. The van der Waals surface area contributed by atoms with Crippen molar-refractivity contribution in [2.45, 2.75) is 57.8 Å². The molecule has 1 aromatic carbocycles. The number of likely N-dealkylation sites (tertiary alicyclic amines) is 1. The van der Waals surface area contributed by atoms with E-state index in [1.807, 2.05) is 0 Å². The molecule has 2 rings (SSSR count). The van der Waals surface area contributed by atoms with E-state index in [1.165, 1.54) is 0 Å². The third kappa shape index (κ3) is 5.50. The first kappa shape index (κ1) is 18.3. The second kappa shape index (κ2) is 7.22. The Morgan fingerprint density at radius 3 is 2.09 bits per heavy atom. The molecule has 0 radical (unpaired) electrons. The molecule has 1 aromatic rings. The molecule has 130 valence electrons. The lowest BCUT2D eigenvalue weighted by Gasteiger charge is -2.41. The van der Waals surface area contributed by atoms with Gasteiger partial charge < -0.3 is 5.32 Å². The van der Waals surface area contributed by atoms with Gasteiger partial charge >= 0.3 is 6.18 Å². The first-order chi connectivity index (χ1) is 10.7. The Morgan fingerprint density at radius 2 is 1.61 bits per heavy atom. The van der Waals surface area contributed by atoms with E-state index in [4.69, 9.17) is 0 Å². The van der Waals surface area contributed by atoms with Gasteiger partial charge in [0.05, 0.1) is 5.56 Å². The molecule has 0 spiro atoms. The van der Waals surface area contributed by atoms with Crippen LogP contribution in [0, 0.1) is 0 Å². The lowest BCUT2D eigenvalue weighted by Crippen LogP contribution is -2.50. The van der Waals surface area contributed by atoms with Crippen molar-refractivity contribution in [3.05, 3.63) is 35.4 Å². The van der Waals surface area contributed by atoms with E-state index in [9.17, 15) is 13.2 Å². The number of nitrogens with zero attached hydrogens (tertiary/aromatic N) is 1. The maximum absolute atomic E-state index is 12.5. The highest BCUT2D eigenvalue weighted by molar-refractivity contribution is 5.24. The Kier molecular flexibility index (Phi) is 5.74. The topological polar surface area (TPSA) is 15.3 Å². The molecule has 1 aliphatic heterocycles. The van der Waals surface area contributed by atoms with Gasteiger partial charge in [-0.05, 0) is 64.3 Å². The summed E-state index contributed by atoms with van der Waals surface area (Å²) in [5, 5.41) is 3.54. The van der Waals surface area contributed by atoms with E-state index < -0.39 is 11.7 Å². The van der Waals surface area contributed by atoms with Gasteiger partial charge in [-0.15, -0.1) is 0 Å². The summed E-state index contributed by atoms with van der Waals surface area (Å²) in [7, 11) is 0. The van der Waals surface area contributed by atoms with Gasteiger partial charge in [-0.2, -0.15) is 13.2 Å². The molecule has 0 amide bonds. The molecule has 1 fully saturated rings. The first-order valence-corrected chi connectivity index (χ1v) is 8.31. The lowest BCUT2D eigenvalue weighted by molar-refractivity contribution is -0.137. The van der Waals surface area contributed by atoms with Gasteiger partial charge in [0.1, 0.15) is 0 Å². The molecule has 1 N–H and O–H groups in total. The summed E-state index contributed by atoms with van der Waals surface area (Å²) >= 11 is 0. The Bertz CT molecular complexity index is 480. The van der Waals surface area contributed by atoms with Gasteiger partial charge in [-0.3, -0.25) is 4.90 Å². The number of alkyl halides is 3. The smallest absolute Gasteiger partial charge is 0.314 e. The van der Waals surface area contributed by atoms with Crippen molar-refractivity contribution in [1.29, 1.82) is 0 Å².